The maximum Gasteiger partial charge on any atom is 0.0148 e. The Morgan fingerprint density at radius 2 is 2.00 bits per heavy atom. The molecule has 0 aromatic carbocycles. The van der Waals surface area contributed by atoms with Crippen LogP contribution in [0, 0.1) is 17.3 Å². The van der Waals surface area contributed by atoms with Gasteiger partial charge in [-0.2, -0.15) is 0 Å². The summed E-state index contributed by atoms with van der Waals surface area (Å²) in [5.41, 5.74) is 0.595. The second-order valence-corrected chi connectivity index (χ2v) is 6.67. The quantitative estimate of drug-likeness (QED) is 0.594. The van der Waals surface area contributed by atoms with Crippen molar-refractivity contribution in [1.82, 2.24) is 0 Å². The fraction of sp³-hybridized carbons (Fsp3) is 1.00. The Labute approximate surface area is 85.3 Å². The van der Waals surface area contributed by atoms with Crippen molar-refractivity contribution >= 4 is 15.9 Å². The second kappa shape index (κ2) is 3.69. The van der Waals surface area contributed by atoms with Gasteiger partial charge >= 0.3 is 0 Å². The summed E-state index contributed by atoms with van der Waals surface area (Å²) in [6.07, 6.45) is 4.20. The van der Waals surface area contributed by atoms with E-state index >= 15 is 0 Å². The minimum absolute atomic E-state index is 0.595. The van der Waals surface area contributed by atoms with Gasteiger partial charge in [0.05, 0.1) is 0 Å². The predicted molar refractivity (Wildman–Crippen MR) is 58.7 cm³/mol. The van der Waals surface area contributed by atoms with E-state index in [0.29, 0.717) is 10.2 Å². The van der Waals surface area contributed by atoms with Gasteiger partial charge in [-0.15, -0.1) is 0 Å². The maximum atomic E-state index is 3.71. The van der Waals surface area contributed by atoms with E-state index in [1.165, 1.54) is 19.3 Å². The summed E-state index contributed by atoms with van der Waals surface area (Å²) < 4.78 is 0. The van der Waals surface area contributed by atoms with E-state index in [4.69, 9.17) is 0 Å². The lowest BCUT2D eigenvalue weighted by molar-refractivity contribution is 0.130. The summed E-state index contributed by atoms with van der Waals surface area (Å²) in [5.74, 6) is 1.79. The molecule has 3 unspecified atom stereocenters. The zero-order valence-electron chi connectivity index (χ0n) is 8.73. The molecule has 1 fully saturated rings. The molecule has 0 N–H and O–H groups in total. The highest BCUT2D eigenvalue weighted by molar-refractivity contribution is 9.09. The van der Waals surface area contributed by atoms with Crippen molar-refractivity contribution in [3.63, 3.8) is 0 Å². The molecular formula is C11H21Br. The first-order valence-electron chi connectivity index (χ1n) is 5.06. The van der Waals surface area contributed by atoms with Gasteiger partial charge in [0.1, 0.15) is 0 Å². The summed E-state index contributed by atoms with van der Waals surface area (Å²) in [6, 6.07) is 0. The average molecular weight is 233 g/mol. The van der Waals surface area contributed by atoms with Crippen LogP contribution in [0.25, 0.3) is 0 Å². The molecular weight excluding hydrogens is 212 g/mol. The molecule has 0 amide bonds. The van der Waals surface area contributed by atoms with E-state index in [9.17, 15) is 0 Å². The van der Waals surface area contributed by atoms with E-state index in [-0.39, 0.29) is 0 Å². The first-order valence-corrected chi connectivity index (χ1v) is 5.98. The zero-order valence-corrected chi connectivity index (χ0v) is 10.3. The first-order chi connectivity index (χ1) is 5.42. The highest BCUT2D eigenvalue weighted by Crippen LogP contribution is 2.43. The van der Waals surface area contributed by atoms with E-state index in [1.807, 2.05) is 0 Å². The van der Waals surface area contributed by atoms with Gasteiger partial charge in [-0.25, -0.2) is 0 Å². The van der Waals surface area contributed by atoms with Crippen LogP contribution in [-0.4, -0.2) is 4.83 Å². The van der Waals surface area contributed by atoms with Crippen LogP contribution in [0.5, 0.6) is 0 Å². The van der Waals surface area contributed by atoms with Crippen molar-refractivity contribution < 1.29 is 0 Å². The Bertz CT molecular complexity index is 149. The maximum absolute atomic E-state index is 3.71. The molecule has 12 heavy (non-hydrogen) atoms. The largest absolute Gasteiger partial charge is 0.0891 e. The smallest absolute Gasteiger partial charge is 0.0148 e. The van der Waals surface area contributed by atoms with Crippen LogP contribution < -0.4 is 0 Å². The van der Waals surface area contributed by atoms with Crippen molar-refractivity contribution in [2.24, 2.45) is 17.3 Å². The van der Waals surface area contributed by atoms with Crippen molar-refractivity contribution in [2.75, 3.05) is 0 Å². The monoisotopic (exact) mass is 232 g/mol. The van der Waals surface area contributed by atoms with Crippen LogP contribution in [0.1, 0.15) is 47.0 Å². The van der Waals surface area contributed by atoms with Gasteiger partial charge in [0.2, 0.25) is 0 Å². The molecule has 0 spiro atoms. The summed E-state index contributed by atoms with van der Waals surface area (Å²) in [5, 5.41) is 0. The number of hydrogen-bond acceptors (Lipinski definition) is 0. The third kappa shape index (κ3) is 2.48. The minimum atomic E-state index is 0.595. The lowest BCUT2D eigenvalue weighted by Gasteiger charge is -2.40. The Balaban J connectivity index is 2.54. The van der Waals surface area contributed by atoms with Gasteiger partial charge in [0.25, 0.3) is 0 Å². The Morgan fingerprint density at radius 1 is 1.42 bits per heavy atom. The van der Waals surface area contributed by atoms with Gasteiger partial charge in [-0.3, -0.25) is 0 Å². The van der Waals surface area contributed by atoms with Gasteiger partial charge in [-0.1, -0.05) is 43.6 Å². The molecule has 0 aromatic rings. The molecule has 3 atom stereocenters. The summed E-state index contributed by atoms with van der Waals surface area (Å²) in [7, 11) is 0. The average Bonchev–Trinajstić information content (AvgIpc) is 1.83. The van der Waals surface area contributed by atoms with Gasteiger partial charge in [0, 0.05) is 4.83 Å². The number of halogens is 1. The molecule has 1 aliphatic rings. The van der Waals surface area contributed by atoms with E-state index in [0.717, 1.165) is 11.8 Å². The summed E-state index contributed by atoms with van der Waals surface area (Å²) >= 11 is 3.71. The van der Waals surface area contributed by atoms with Crippen LogP contribution in [0.15, 0.2) is 0 Å². The van der Waals surface area contributed by atoms with Crippen molar-refractivity contribution in [3.05, 3.63) is 0 Å². The van der Waals surface area contributed by atoms with Crippen LogP contribution in [-0.2, 0) is 0 Å². The van der Waals surface area contributed by atoms with Gasteiger partial charge in [-0.05, 0) is 36.5 Å². The van der Waals surface area contributed by atoms with Crippen LogP contribution in [0.2, 0.25) is 0 Å². The number of alkyl halides is 1. The van der Waals surface area contributed by atoms with Crippen molar-refractivity contribution in [1.29, 1.82) is 0 Å². The normalized spacial score (nSPS) is 37.8. The number of hydrogen-bond donors (Lipinski definition) is 0. The fourth-order valence-corrected chi connectivity index (χ4v) is 3.43. The fourth-order valence-electron chi connectivity index (χ4n) is 2.65. The SMILES string of the molecule is CC(Br)C1CCC(C)(C)CC1C. The molecule has 0 radical (unpaired) electrons. The van der Waals surface area contributed by atoms with Gasteiger partial charge < -0.3 is 0 Å². The van der Waals surface area contributed by atoms with Crippen LogP contribution in [0.4, 0.5) is 0 Å². The predicted octanol–water partition coefficient (Wildman–Crippen LogP) is 4.23. The standard InChI is InChI=1S/C11H21Br/c1-8-7-11(3,4)6-5-10(8)9(2)12/h8-10H,5-7H2,1-4H3. The molecule has 0 heterocycles. The number of rotatable bonds is 1. The Morgan fingerprint density at radius 3 is 2.42 bits per heavy atom. The van der Waals surface area contributed by atoms with Crippen LogP contribution in [0.3, 0.4) is 0 Å². The van der Waals surface area contributed by atoms with Crippen LogP contribution >= 0.6 is 15.9 Å². The van der Waals surface area contributed by atoms with Gasteiger partial charge in [0.15, 0.2) is 0 Å². The third-order valence-corrected chi connectivity index (χ3v) is 4.03. The lowest BCUT2D eigenvalue weighted by Crippen LogP contribution is -2.31. The zero-order chi connectivity index (χ0) is 9.35. The molecule has 1 rings (SSSR count). The van der Waals surface area contributed by atoms with Crippen molar-refractivity contribution in [2.45, 2.75) is 51.8 Å². The lowest BCUT2D eigenvalue weighted by atomic mass is 9.67. The first kappa shape index (κ1) is 10.6. The third-order valence-electron chi connectivity index (χ3n) is 3.35. The Hall–Kier alpha value is 0.480. The Kier molecular flexibility index (Phi) is 3.25. The highest BCUT2D eigenvalue weighted by Gasteiger charge is 2.33. The van der Waals surface area contributed by atoms with Crippen molar-refractivity contribution in [3.8, 4) is 0 Å². The topological polar surface area (TPSA) is 0 Å². The summed E-state index contributed by atoms with van der Waals surface area (Å²) in [6.45, 7) is 9.50. The molecule has 72 valence electrons. The molecule has 1 saturated carbocycles. The highest BCUT2D eigenvalue weighted by atomic mass is 79.9. The molecule has 0 nitrogen and oxygen atoms in total. The van der Waals surface area contributed by atoms with E-state index in [2.05, 4.69) is 43.6 Å². The van der Waals surface area contributed by atoms with E-state index in [1.54, 1.807) is 0 Å². The molecule has 0 aliphatic heterocycles. The second-order valence-electron chi connectivity index (χ2n) is 5.23. The molecule has 1 aliphatic carbocycles. The molecule has 1 heteroatoms. The molecule has 0 bridgehead atoms. The summed E-state index contributed by atoms with van der Waals surface area (Å²) in [4.78, 5) is 0.698. The minimum Gasteiger partial charge on any atom is -0.0891 e. The van der Waals surface area contributed by atoms with E-state index < -0.39 is 0 Å². The molecule has 0 saturated heterocycles. The molecule has 0 aromatic heterocycles.